The molecule has 0 unspecified atom stereocenters. The Morgan fingerprint density at radius 2 is 1.48 bits per heavy atom. The van der Waals surface area contributed by atoms with E-state index in [4.69, 9.17) is 0 Å². The van der Waals surface area contributed by atoms with Crippen molar-refractivity contribution in [2.24, 2.45) is 0 Å². The molecule has 0 aromatic heterocycles. The first-order valence-electron chi connectivity index (χ1n) is 10.7. The topological polar surface area (TPSA) is 60.9 Å². The second kappa shape index (κ2) is 8.26. The number of piperazine rings is 1. The van der Waals surface area contributed by atoms with E-state index in [-0.39, 0.29) is 5.75 Å². The number of rotatable bonds is 4. The zero-order chi connectivity index (χ0) is 22.3. The number of hydrogen-bond acceptors (Lipinski definition) is 4. The van der Waals surface area contributed by atoms with Crippen LogP contribution in [0.5, 0.6) is 5.75 Å². The van der Waals surface area contributed by atoms with Crippen LogP contribution in [0.2, 0.25) is 0 Å². The minimum absolute atomic E-state index is 0.287. The van der Waals surface area contributed by atoms with Crippen molar-refractivity contribution in [3.8, 4) is 5.75 Å². The van der Waals surface area contributed by atoms with Gasteiger partial charge in [-0.05, 0) is 66.8 Å². The highest BCUT2D eigenvalue weighted by Gasteiger charge is 2.32. The van der Waals surface area contributed by atoms with Gasteiger partial charge in [0.2, 0.25) is 10.0 Å². The molecule has 31 heavy (non-hydrogen) atoms. The Labute approximate surface area is 185 Å². The molecule has 0 bridgehead atoms. The van der Waals surface area contributed by atoms with Crippen LogP contribution in [0.25, 0.3) is 10.8 Å². The molecule has 0 saturated carbocycles. The van der Waals surface area contributed by atoms with E-state index in [1.165, 1.54) is 0 Å². The van der Waals surface area contributed by atoms with Gasteiger partial charge in [0.25, 0.3) is 0 Å². The summed E-state index contributed by atoms with van der Waals surface area (Å²) >= 11 is 0. The van der Waals surface area contributed by atoms with Crippen LogP contribution in [0.3, 0.4) is 0 Å². The summed E-state index contributed by atoms with van der Waals surface area (Å²) in [6.45, 7) is 10.5. The Morgan fingerprint density at radius 3 is 2.13 bits per heavy atom. The molecule has 0 amide bonds. The zero-order valence-corrected chi connectivity index (χ0v) is 19.5. The number of hydrogen-bond donors (Lipinski definition) is 1. The highest BCUT2D eigenvalue weighted by Crippen LogP contribution is 2.31. The molecule has 0 atom stereocenters. The van der Waals surface area contributed by atoms with E-state index in [1.807, 2.05) is 58.0 Å². The van der Waals surface area contributed by atoms with Crippen LogP contribution in [0.15, 0.2) is 47.4 Å². The lowest BCUT2D eigenvalue weighted by Gasteiger charge is -2.35. The minimum atomic E-state index is -3.55. The molecule has 1 N–H and O–H groups in total. The molecule has 3 aromatic rings. The van der Waals surface area contributed by atoms with Gasteiger partial charge in [0.1, 0.15) is 5.75 Å². The van der Waals surface area contributed by atoms with Crippen LogP contribution in [0.1, 0.15) is 27.8 Å². The summed E-state index contributed by atoms with van der Waals surface area (Å²) in [7, 11) is -3.55. The van der Waals surface area contributed by atoms with Gasteiger partial charge in [-0.1, -0.05) is 36.4 Å². The maximum Gasteiger partial charge on any atom is 0.243 e. The molecule has 164 valence electrons. The summed E-state index contributed by atoms with van der Waals surface area (Å²) in [5, 5.41) is 12.6. The number of benzene rings is 3. The lowest BCUT2D eigenvalue weighted by Crippen LogP contribution is -2.48. The number of aromatic hydroxyl groups is 1. The number of fused-ring (bicyclic) bond motifs is 1. The summed E-state index contributed by atoms with van der Waals surface area (Å²) in [4.78, 5) is 2.68. The summed E-state index contributed by atoms with van der Waals surface area (Å²) in [5.41, 5.74) is 4.59. The highest BCUT2D eigenvalue weighted by molar-refractivity contribution is 7.89. The monoisotopic (exact) mass is 438 g/mol. The van der Waals surface area contributed by atoms with Crippen molar-refractivity contribution in [2.75, 3.05) is 26.2 Å². The zero-order valence-electron chi connectivity index (χ0n) is 18.6. The lowest BCUT2D eigenvalue weighted by atomic mass is 10.0. The fraction of sp³-hybridized carbons (Fsp3) is 0.360. The first kappa shape index (κ1) is 21.8. The van der Waals surface area contributed by atoms with Gasteiger partial charge in [0, 0.05) is 38.3 Å². The van der Waals surface area contributed by atoms with E-state index in [0.29, 0.717) is 37.6 Å². The molecular weight excluding hydrogens is 408 g/mol. The van der Waals surface area contributed by atoms with Crippen LogP contribution in [-0.2, 0) is 16.6 Å². The van der Waals surface area contributed by atoms with Gasteiger partial charge in [-0.3, -0.25) is 4.90 Å². The van der Waals surface area contributed by atoms with E-state index in [2.05, 4.69) is 11.0 Å². The number of sulfonamides is 1. The summed E-state index contributed by atoms with van der Waals surface area (Å²) in [6, 6.07) is 13.7. The molecule has 3 aromatic carbocycles. The number of aryl methyl sites for hydroxylation is 2. The van der Waals surface area contributed by atoms with Gasteiger partial charge >= 0.3 is 0 Å². The summed E-state index contributed by atoms with van der Waals surface area (Å²) in [6.07, 6.45) is 0. The van der Waals surface area contributed by atoms with Crippen LogP contribution in [0.4, 0.5) is 0 Å². The van der Waals surface area contributed by atoms with Crippen molar-refractivity contribution >= 4 is 20.8 Å². The highest BCUT2D eigenvalue weighted by atomic mass is 32.2. The first-order valence-corrected chi connectivity index (χ1v) is 12.1. The fourth-order valence-electron chi connectivity index (χ4n) is 4.54. The Hall–Kier alpha value is -2.41. The maximum absolute atomic E-state index is 13.5. The van der Waals surface area contributed by atoms with E-state index >= 15 is 0 Å². The molecule has 1 aliphatic rings. The van der Waals surface area contributed by atoms with Crippen LogP contribution >= 0.6 is 0 Å². The predicted molar refractivity (Wildman–Crippen MR) is 125 cm³/mol. The predicted octanol–water partition coefficient (Wildman–Crippen LogP) is 4.29. The van der Waals surface area contributed by atoms with Crippen molar-refractivity contribution < 1.29 is 13.5 Å². The maximum atomic E-state index is 13.5. The van der Waals surface area contributed by atoms with Gasteiger partial charge < -0.3 is 5.11 Å². The molecule has 1 saturated heterocycles. The Kier molecular flexibility index (Phi) is 5.81. The molecule has 6 heteroatoms. The fourth-order valence-corrected chi connectivity index (χ4v) is 6.54. The van der Waals surface area contributed by atoms with E-state index < -0.39 is 10.0 Å². The molecule has 5 nitrogen and oxygen atoms in total. The second-order valence-electron chi connectivity index (χ2n) is 8.55. The van der Waals surface area contributed by atoms with Crippen molar-refractivity contribution in [3.63, 3.8) is 0 Å². The molecule has 1 fully saturated rings. The molecular formula is C25H30N2O3S. The molecule has 1 heterocycles. The van der Waals surface area contributed by atoms with Crippen molar-refractivity contribution in [3.05, 3.63) is 70.3 Å². The van der Waals surface area contributed by atoms with Gasteiger partial charge in [0.05, 0.1) is 4.90 Å². The normalized spacial score (nSPS) is 16.1. The standard InChI is InChI=1S/C25H30N2O3S/c1-17-15-18(2)20(4)25(19(17)3)31(29,30)27-13-11-26(12-14-27)16-23-22-8-6-5-7-21(22)9-10-24(23)28/h5-10,15,28H,11-14,16H2,1-4H3. The van der Waals surface area contributed by atoms with E-state index in [1.54, 1.807) is 10.4 Å². The Morgan fingerprint density at radius 1 is 0.871 bits per heavy atom. The molecule has 0 radical (unpaired) electrons. The van der Waals surface area contributed by atoms with Crippen LogP contribution in [0, 0.1) is 27.7 Å². The largest absolute Gasteiger partial charge is 0.508 e. The van der Waals surface area contributed by atoms with Crippen LogP contribution < -0.4 is 0 Å². The SMILES string of the molecule is Cc1cc(C)c(C)c(S(=O)(=O)N2CCN(Cc3c(O)ccc4ccccc34)CC2)c1C. The third kappa shape index (κ3) is 3.95. The van der Waals surface area contributed by atoms with Crippen molar-refractivity contribution in [1.82, 2.24) is 9.21 Å². The quantitative estimate of drug-likeness (QED) is 0.660. The second-order valence-corrected chi connectivity index (χ2v) is 10.4. The third-order valence-electron chi connectivity index (χ3n) is 6.62. The minimum Gasteiger partial charge on any atom is -0.508 e. The number of nitrogens with zero attached hydrogens (tertiary/aromatic N) is 2. The third-order valence-corrected chi connectivity index (χ3v) is 8.80. The number of phenolic OH excluding ortho intramolecular Hbond substituents is 1. The van der Waals surface area contributed by atoms with E-state index in [0.717, 1.165) is 38.6 Å². The molecule has 0 spiro atoms. The molecule has 1 aliphatic heterocycles. The summed E-state index contributed by atoms with van der Waals surface area (Å²) < 4.78 is 28.6. The van der Waals surface area contributed by atoms with Gasteiger partial charge in [-0.15, -0.1) is 0 Å². The Bertz CT molecular complexity index is 1220. The lowest BCUT2D eigenvalue weighted by molar-refractivity contribution is 0.180. The molecule has 4 rings (SSSR count). The van der Waals surface area contributed by atoms with Gasteiger partial charge in [-0.2, -0.15) is 4.31 Å². The van der Waals surface area contributed by atoms with Crippen molar-refractivity contribution in [1.29, 1.82) is 0 Å². The summed E-state index contributed by atoms with van der Waals surface area (Å²) in [5.74, 6) is 0.287. The average molecular weight is 439 g/mol. The molecule has 0 aliphatic carbocycles. The smallest absolute Gasteiger partial charge is 0.243 e. The van der Waals surface area contributed by atoms with Crippen molar-refractivity contribution in [2.45, 2.75) is 39.1 Å². The first-order chi connectivity index (χ1) is 14.7. The Balaban J connectivity index is 1.54. The number of phenols is 1. The van der Waals surface area contributed by atoms with E-state index in [9.17, 15) is 13.5 Å². The van der Waals surface area contributed by atoms with Gasteiger partial charge in [0.15, 0.2) is 0 Å². The van der Waals surface area contributed by atoms with Gasteiger partial charge in [-0.25, -0.2) is 8.42 Å². The average Bonchev–Trinajstić information content (AvgIpc) is 2.75. The van der Waals surface area contributed by atoms with Crippen LogP contribution in [-0.4, -0.2) is 48.9 Å².